The minimum Gasteiger partial charge on any atom is -0.449 e. The van der Waals surface area contributed by atoms with E-state index < -0.39 is 37.4 Å². The number of amides is 1. The first-order valence-corrected chi connectivity index (χ1v) is 9.98. The van der Waals surface area contributed by atoms with Gasteiger partial charge in [-0.25, -0.2) is 13.2 Å². The third-order valence-electron chi connectivity index (χ3n) is 4.09. The van der Waals surface area contributed by atoms with E-state index >= 15 is 0 Å². The van der Waals surface area contributed by atoms with Crippen molar-refractivity contribution < 1.29 is 27.7 Å². The number of carbonyl (C=O) groups excluding carboxylic acids is 2. The Kier molecular flexibility index (Phi) is 5.96. The largest absolute Gasteiger partial charge is 0.449 e. The van der Waals surface area contributed by atoms with Crippen molar-refractivity contribution >= 4 is 27.4 Å². The predicted molar refractivity (Wildman–Crippen MR) is 91.5 cm³/mol. The summed E-state index contributed by atoms with van der Waals surface area (Å²) >= 11 is 0. The van der Waals surface area contributed by atoms with Gasteiger partial charge in [0.05, 0.1) is 10.5 Å². The molecule has 0 aliphatic carbocycles. The second-order valence-electron chi connectivity index (χ2n) is 6.15. The Labute approximate surface area is 151 Å². The van der Waals surface area contributed by atoms with Gasteiger partial charge in [-0.15, -0.1) is 0 Å². The summed E-state index contributed by atoms with van der Waals surface area (Å²) < 4.78 is 28.3. The molecule has 1 aromatic rings. The van der Waals surface area contributed by atoms with E-state index in [0.717, 1.165) is 43.7 Å². The van der Waals surface area contributed by atoms with Gasteiger partial charge in [0.2, 0.25) is 0 Å². The summed E-state index contributed by atoms with van der Waals surface area (Å²) in [5.41, 5.74) is -0.903. The quantitative estimate of drug-likeness (QED) is 0.428. The number of sulfone groups is 1. The van der Waals surface area contributed by atoms with E-state index in [-0.39, 0.29) is 11.5 Å². The molecule has 0 spiro atoms. The fourth-order valence-corrected chi connectivity index (χ4v) is 3.58. The predicted octanol–water partition coefficient (Wildman–Crippen LogP) is 1.56. The van der Waals surface area contributed by atoms with Gasteiger partial charge in [-0.2, -0.15) is 0 Å². The van der Waals surface area contributed by atoms with Crippen LogP contribution < -0.4 is 0 Å². The molecule has 1 aromatic carbocycles. The van der Waals surface area contributed by atoms with Crippen molar-refractivity contribution in [3.05, 3.63) is 33.9 Å². The lowest BCUT2D eigenvalue weighted by Gasteiger charge is -2.28. The first-order valence-electron chi connectivity index (χ1n) is 8.09. The monoisotopic (exact) mass is 384 g/mol. The highest BCUT2D eigenvalue weighted by Gasteiger charge is 2.28. The highest BCUT2D eigenvalue weighted by molar-refractivity contribution is 7.90. The van der Waals surface area contributed by atoms with Gasteiger partial charge in [0, 0.05) is 25.4 Å². The van der Waals surface area contributed by atoms with E-state index in [2.05, 4.69) is 0 Å². The smallest absolute Gasteiger partial charge is 0.339 e. The van der Waals surface area contributed by atoms with E-state index in [1.54, 1.807) is 4.90 Å². The number of nitrogens with zero attached hydrogens (tertiary/aromatic N) is 2. The second-order valence-corrected chi connectivity index (χ2v) is 8.13. The Morgan fingerprint density at radius 2 is 1.85 bits per heavy atom. The Bertz CT molecular complexity index is 829. The molecule has 0 saturated carbocycles. The number of likely N-dealkylation sites (tertiary alicyclic amines) is 1. The summed E-state index contributed by atoms with van der Waals surface area (Å²) in [5, 5.41) is 11.1. The molecule has 26 heavy (non-hydrogen) atoms. The number of hydrogen-bond acceptors (Lipinski definition) is 7. The molecule has 0 N–H and O–H groups in total. The van der Waals surface area contributed by atoms with Gasteiger partial charge in [0.25, 0.3) is 11.6 Å². The lowest BCUT2D eigenvalue weighted by Crippen LogP contribution is -2.42. The number of nitro groups is 1. The van der Waals surface area contributed by atoms with E-state index in [1.807, 2.05) is 0 Å². The lowest BCUT2D eigenvalue weighted by molar-refractivity contribution is -0.387. The number of ether oxygens (including phenoxy) is 1. The number of hydrogen-bond donors (Lipinski definition) is 0. The maximum Gasteiger partial charge on any atom is 0.339 e. The Hall–Kier alpha value is -2.49. The van der Waals surface area contributed by atoms with Gasteiger partial charge >= 0.3 is 5.97 Å². The van der Waals surface area contributed by atoms with E-state index in [4.69, 9.17) is 4.74 Å². The third-order valence-corrected chi connectivity index (χ3v) is 5.23. The number of nitro benzene ring substituents is 1. The average molecular weight is 384 g/mol. The fourth-order valence-electron chi connectivity index (χ4n) is 2.75. The molecule has 1 aliphatic heterocycles. The van der Waals surface area contributed by atoms with Crippen LogP contribution in [0.4, 0.5) is 5.69 Å². The van der Waals surface area contributed by atoms with Gasteiger partial charge in [-0.05, 0) is 38.3 Å². The summed E-state index contributed by atoms with van der Waals surface area (Å²) in [7, 11) is -3.83. The van der Waals surface area contributed by atoms with Crippen LogP contribution in [0.5, 0.6) is 0 Å². The molecule has 0 bridgehead atoms. The van der Waals surface area contributed by atoms with Crippen molar-refractivity contribution in [2.24, 2.45) is 0 Å². The molecular formula is C16H20N2O7S. The van der Waals surface area contributed by atoms with Crippen LogP contribution in [-0.2, 0) is 19.4 Å². The zero-order chi connectivity index (χ0) is 19.5. The lowest BCUT2D eigenvalue weighted by atomic mass is 10.1. The molecule has 9 nitrogen and oxygen atoms in total. The number of benzene rings is 1. The normalized spacial score (nSPS) is 16.0. The van der Waals surface area contributed by atoms with Crippen molar-refractivity contribution in [1.82, 2.24) is 4.90 Å². The topological polar surface area (TPSA) is 124 Å². The highest BCUT2D eigenvalue weighted by Crippen LogP contribution is 2.25. The first-order chi connectivity index (χ1) is 12.1. The van der Waals surface area contributed by atoms with Crippen LogP contribution in [-0.4, -0.2) is 55.6 Å². The molecule has 1 amide bonds. The molecule has 10 heteroatoms. The summed E-state index contributed by atoms with van der Waals surface area (Å²) in [6.45, 7) is 2.65. The summed E-state index contributed by atoms with van der Waals surface area (Å²) in [6.07, 6.45) is 2.65. The number of piperidine rings is 1. The Balaban J connectivity index is 2.17. The molecule has 1 heterocycles. The van der Waals surface area contributed by atoms with Gasteiger partial charge in [0.15, 0.2) is 15.9 Å². The molecule has 1 aliphatic rings. The zero-order valence-corrected chi connectivity index (χ0v) is 15.3. The maximum absolute atomic E-state index is 12.3. The van der Waals surface area contributed by atoms with Crippen molar-refractivity contribution in [2.45, 2.75) is 37.2 Å². The third kappa shape index (κ3) is 4.57. The molecule has 1 saturated heterocycles. The van der Waals surface area contributed by atoms with Crippen molar-refractivity contribution in [3.8, 4) is 0 Å². The van der Waals surface area contributed by atoms with Gasteiger partial charge in [-0.3, -0.25) is 14.9 Å². The number of esters is 1. The Morgan fingerprint density at radius 3 is 2.38 bits per heavy atom. The van der Waals surface area contributed by atoms with E-state index in [9.17, 15) is 28.1 Å². The van der Waals surface area contributed by atoms with Crippen LogP contribution in [0.2, 0.25) is 0 Å². The highest BCUT2D eigenvalue weighted by atomic mass is 32.2. The van der Waals surface area contributed by atoms with E-state index in [0.29, 0.717) is 13.1 Å². The van der Waals surface area contributed by atoms with Crippen molar-refractivity contribution in [2.75, 3.05) is 19.3 Å². The molecule has 0 radical (unpaired) electrons. The molecule has 142 valence electrons. The molecule has 2 rings (SSSR count). The van der Waals surface area contributed by atoms with Crippen LogP contribution in [0.25, 0.3) is 0 Å². The molecule has 1 atom stereocenters. The van der Waals surface area contributed by atoms with Crippen LogP contribution in [0.15, 0.2) is 23.1 Å². The zero-order valence-electron chi connectivity index (χ0n) is 14.5. The standard InChI is InChI=1S/C16H20N2O7S/c1-11(15(19)17-8-4-3-5-9-17)25-16(20)12-6-7-14(26(2,23)24)13(10-12)18(21)22/h6-7,10-11H,3-5,8-9H2,1-2H3/t11-/m1/s1. The van der Waals surface area contributed by atoms with Crippen LogP contribution in [0, 0.1) is 10.1 Å². The van der Waals surface area contributed by atoms with Gasteiger partial charge in [0.1, 0.15) is 4.90 Å². The van der Waals surface area contributed by atoms with Gasteiger partial charge < -0.3 is 9.64 Å². The minimum atomic E-state index is -3.83. The fraction of sp³-hybridized carbons (Fsp3) is 0.500. The first kappa shape index (κ1) is 19.8. The maximum atomic E-state index is 12.3. The van der Waals surface area contributed by atoms with Gasteiger partial charge in [-0.1, -0.05) is 0 Å². The molecule has 1 fully saturated rings. The van der Waals surface area contributed by atoms with Crippen LogP contribution >= 0.6 is 0 Å². The van der Waals surface area contributed by atoms with Crippen molar-refractivity contribution in [3.63, 3.8) is 0 Å². The van der Waals surface area contributed by atoms with Crippen LogP contribution in [0.3, 0.4) is 0 Å². The summed E-state index contributed by atoms with van der Waals surface area (Å²) in [4.78, 5) is 35.9. The molecular weight excluding hydrogens is 364 g/mol. The molecule has 0 aromatic heterocycles. The number of rotatable bonds is 5. The average Bonchev–Trinajstić information content (AvgIpc) is 2.60. The SMILES string of the molecule is C[C@@H](OC(=O)c1ccc(S(C)(=O)=O)c([N+](=O)[O-])c1)C(=O)N1CCCCC1. The summed E-state index contributed by atoms with van der Waals surface area (Å²) in [6, 6.07) is 2.96. The summed E-state index contributed by atoms with van der Waals surface area (Å²) in [5.74, 6) is -1.24. The minimum absolute atomic E-state index is 0.192. The van der Waals surface area contributed by atoms with Crippen molar-refractivity contribution in [1.29, 1.82) is 0 Å². The Morgan fingerprint density at radius 1 is 1.23 bits per heavy atom. The molecule has 0 unspecified atom stereocenters. The van der Waals surface area contributed by atoms with E-state index in [1.165, 1.54) is 6.92 Å². The number of carbonyl (C=O) groups is 2. The van der Waals surface area contributed by atoms with Crippen LogP contribution in [0.1, 0.15) is 36.5 Å². The second kappa shape index (κ2) is 7.81.